The van der Waals surface area contributed by atoms with Gasteiger partial charge in [-0.25, -0.2) is 0 Å². The lowest BCUT2D eigenvalue weighted by Gasteiger charge is -2.17. The molecule has 0 atom stereocenters. The molecule has 2 amide bonds. The van der Waals surface area contributed by atoms with E-state index in [0.717, 1.165) is 24.1 Å². The van der Waals surface area contributed by atoms with Crippen LogP contribution in [0.3, 0.4) is 0 Å². The van der Waals surface area contributed by atoms with Gasteiger partial charge in [0.1, 0.15) is 0 Å². The van der Waals surface area contributed by atoms with Gasteiger partial charge in [-0.05, 0) is 41.7 Å². The molecule has 5 heteroatoms. The van der Waals surface area contributed by atoms with Crippen LogP contribution in [0, 0.1) is 5.92 Å². The fourth-order valence-electron chi connectivity index (χ4n) is 3.40. The van der Waals surface area contributed by atoms with Crippen molar-refractivity contribution in [3.8, 4) is 0 Å². The molecule has 0 bridgehead atoms. The SMILES string of the molecule is O=C(CSC(c1ccccc1)c1ccccc1)NCc1cccc(NC(=O)C2CC2)c1. The summed E-state index contributed by atoms with van der Waals surface area (Å²) < 4.78 is 0. The van der Waals surface area contributed by atoms with E-state index in [9.17, 15) is 9.59 Å². The zero-order chi connectivity index (χ0) is 21.5. The summed E-state index contributed by atoms with van der Waals surface area (Å²) in [5, 5.41) is 6.06. The average Bonchev–Trinajstić information content (AvgIpc) is 3.65. The lowest BCUT2D eigenvalue weighted by Crippen LogP contribution is -2.25. The van der Waals surface area contributed by atoms with Crippen molar-refractivity contribution in [3.63, 3.8) is 0 Å². The molecular formula is C26H26N2O2S. The predicted molar refractivity (Wildman–Crippen MR) is 127 cm³/mol. The van der Waals surface area contributed by atoms with Crippen molar-refractivity contribution in [1.29, 1.82) is 0 Å². The topological polar surface area (TPSA) is 58.2 Å². The number of nitrogens with one attached hydrogen (secondary N) is 2. The summed E-state index contributed by atoms with van der Waals surface area (Å²) in [6.45, 7) is 0.438. The first-order valence-corrected chi connectivity index (χ1v) is 11.6. The second-order valence-electron chi connectivity index (χ2n) is 7.75. The van der Waals surface area contributed by atoms with Gasteiger partial charge in [0.15, 0.2) is 0 Å². The van der Waals surface area contributed by atoms with Gasteiger partial charge in [-0.1, -0.05) is 72.8 Å². The minimum absolute atomic E-state index is 0.00530. The fourth-order valence-corrected chi connectivity index (χ4v) is 4.52. The number of thioether (sulfide) groups is 1. The van der Waals surface area contributed by atoms with Crippen LogP contribution in [0.25, 0.3) is 0 Å². The summed E-state index contributed by atoms with van der Waals surface area (Å²) in [6, 6.07) is 28.2. The maximum atomic E-state index is 12.5. The number of amides is 2. The lowest BCUT2D eigenvalue weighted by atomic mass is 10.0. The maximum Gasteiger partial charge on any atom is 0.230 e. The molecule has 3 aromatic rings. The van der Waals surface area contributed by atoms with Crippen molar-refractivity contribution >= 4 is 29.3 Å². The Morgan fingerprint density at radius 3 is 2.13 bits per heavy atom. The molecular weight excluding hydrogens is 404 g/mol. The largest absolute Gasteiger partial charge is 0.351 e. The van der Waals surface area contributed by atoms with Gasteiger partial charge in [-0.3, -0.25) is 9.59 Å². The quantitative estimate of drug-likeness (QED) is 0.492. The molecule has 1 aliphatic rings. The number of rotatable bonds is 9. The van der Waals surface area contributed by atoms with Crippen LogP contribution in [-0.2, 0) is 16.1 Å². The van der Waals surface area contributed by atoms with Gasteiger partial charge in [0.05, 0.1) is 11.0 Å². The molecule has 1 fully saturated rings. The Morgan fingerprint density at radius 2 is 1.52 bits per heavy atom. The number of carbonyl (C=O) groups excluding carboxylic acids is 2. The van der Waals surface area contributed by atoms with E-state index in [4.69, 9.17) is 0 Å². The summed E-state index contributed by atoms with van der Waals surface area (Å²) in [6.07, 6.45) is 1.96. The molecule has 3 aromatic carbocycles. The average molecular weight is 431 g/mol. The van der Waals surface area contributed by atoms with Crippen LogP contribution >= 0.6 is 11.8 Å². The minimum Gasteiger partial charge on any atom is -0.351 e. The number of carbonyl (C=O) groups is 2. The van der Waals surface area contributed by atoms with Gasteiger partial charge in [0.25, 0.3) is 0 Å². The Labute approximate surface area is 187 Å². The first kappa shape index (κ1) is 21.2. The summed E-state index contributed by atoms with van der Waals surface area (Å²) in [7, 11) is 0. The van der Waals surface area contributed by atoms with Gasteiger partial charge in [-0.15, -0.1) is 11.8 Å². The summed E-state index contributed by atoms with van der Waals surface area (Å²) in [5.74, 6) is 0.620. The highest BCUT2D eigenvalue weighted by molar-refractivity contribution is 8.00. The second kappa shape index (κ2) is 10.3. The van der Waals surface area contributed by atoms with Gasteiger partial charge in [0.2, 0.25) is 11.8 Å². The van der Waals surface area contributed by atoms with E-state index in [1.165, 1.54) is 11.1 Å². The van der Waals surface area contributed by atoms with Gasteiger partial charge in [-0.2, -0.15) is 0 Å². The summed E-state index contributed by atoms with van der Waals surface area (Å²) >= 11 is 1.62. The molecule has 4 nitrogen and oxygen atoms in total. The maximum absolute atomic E-state index is 12.5. The van der Waals surface area contributed by atoms with Gasteiger partial charge >= 0.3 is 0 Å². The Hall–Kier alpha value is -3.05. The monoisotopic (exact) mass is 430 g/mol. The van der Waals surface area contributed by atoms with Crippen molar-refractivity contribution in [2.75, 3.05) is 11.1 Å². The summed E-state index contributed by atoms with van der Waals surface area (Å²) in [4.78, 5) is 24.5. The third-order valence-electron chi connectivity index (χ3n) is 5.22. The number of hydrogen-bond donors (Lipinski definition) is 2. The fraction of sp³-hybridized carbons (Fsp3) is 0.231. The molecule has 0 aliphatic heterocycles. The second-order valence-corrected chi connectivity index (χ2v) is 8.85. The van der Waals surface area contributed by atoms with E-state index in [-0.39, 0.29) is 23.0 Å². The third-order valence-corrected chi connectivity index (χ3v) is 6.52. The molecule has 0 aromatic heterocycles. The van der Waals surface area contributed by atoms with E-state index in [2.05, 4.69) is 34.9 Å². The highest BCUT2D eigenvalue weighted by Gasteiger charge is 2.29. The van der Waals surface area contributed by atoms with Crippen molar-refractivity contribution < 1.29 is 9.59 Å². The van der Waals surface area contributed by atoms with E-state index in [1.807, 2.05) is 60.7 Å². The molecule has 0 saturated heterocycles. The molecule has 0 unspecified atom stereocenters. The predicted octanol–water partition coefficient (Wildman–Crippen LogP) is 5.17. The van der Waals surface area contributed by atoms with Gasteiger partial charge in [0, 0.05) is 18.2 Å². The number of anilines is 1. The van der Waals surface area contributed by atoms with E-state index >= 15 is 0 Å². The Morgan fingerprint density at radius 1 is 0.871 bits per heavy atom. The molecule has 0 heterocycles. The molecule has 31 heavy (non-hydrogen) atoms. The van der Waals surface area contributed by atoms with E-state index in [0.29, 0.717) is 12.3 Å². The Bertz CT molecular complexity index is 980. The zero-order valence-corrected chi connectivity index (χ0v) is 18.1. The van der Waals surface area contributed by atoms with Crippen LogP contribution in [0.1, 0.15) is 34.8 Å². The van der Waals surface area contributed by atoms with Crippen molar-refractivity contribution in [2.24, 2.45) is 5.92 Å². The van der Waals surface area contributed by atoms with E-state index in [1.54, 1.807) is 11.8 Å². The molecule has 2 N–H and O–H groups in total. The smallest absolute Gasteiger partial charge is 0.230 e. The van der Waals surface area contributed by atoms with E-state index < -0.39 is 0 Å². The normalized spacial score (nSPS) is 13.1. The van der Waals surface area contributed by atoms with Crippen LogP contribution in [0.2, 0.25) is 0 Å². The zero-order valence-electron chi connectivity index (χ0n) is 17.3. The van der Waals surface area contributed by atoms with Crippen LogP contribution < -0.4 is 10.6 Å². The number of hydrogen-bond acceptors (Lipinski definition) is 3. The molecule has 0 spiro atoms. The minimum atomic E-state index is -0.00530. The highest BCUT2D eigenvalue weighted by Crippen LogP contribution is 2.35. The van der Waals surface area contributed by atoms with Crippen LogP contribution in [0.5, 0.6) is 0 Å². The molecule has 0 radical (unpaired) electrons. The van der Waals surface area contributed by atoms with Crippen LogP contribution in [0.15, 0.2) is 84.9 Å². The third kappa shape index (κ3) is 6.22. The van der Waals surface area contributed by atoms with Crippen molar-refractivity contribution in [3.05, 3.63) is 102 Å². The molecule has 1 aliphatic carbocycles. The number of benzene rings is 3. The Kier molecular flexibility index (Phi) is 7.05. The van der Waals surface area contributed by atoms with Crippen LogP contribution in [-0.4, -0.2) is 17.6 Å². The molecule has 4 rings (SSSR count). The molecule has 158 valence electrons. The lowest BCUT2D eigenvalue weighted by molar-refractivity contribution is -0.119. The molecule has 1 saturated carbocycles. The first-order valence-electron chi connectivity index (χ1n) is 10.6. The van der Waals surface area contributed by atoms with Crippen LogP contribution in [0.4, 0.5) is 5.69 Å². The standard InChI is InChI=1S/C26H26N2O2S/c29-24(27-17-19-8-7-13-23(16-19)28-26(30)22-14-15-22)18-31-25(20-9-3-1-4-10-20)21-11-5-2-6-12-21/h1-13,16,22,25H,14-15,17-18H2,(H,27,29)(H,28,30). The van der Waals surface area contributed by atoms with Crippen molar-refractivity contribution in [1.82, 2.24) is 5.32 Å². The summed E-state index contributed by atoms with van der Waals surface area (Å²) in [5.41, 5.74) is 4.12. The van der Waals surface area contributed by atoms with Gasteiger partial charge < -0.3 is 10.6 Å². The first-order chi connectivity index (χ1) is 15.2. The Balaban J connectivity index is 1.32. The van der Waals surface area contributed by atoms with Crippen molar-refractivity contribution in [2.45, 2.75) is 24.6 Å². The highest BCUT2D eigenvalue weighted by atomic mass is 32.2.